The van der Waals surface area contributed by atoms with E-state index in [0.717, 1.165) is 6.42 Å². The van der Waals surface area contributed by atoms with Crippen LogP contribution in [0.2, 0.25) is 0 Å². The number of hydrogen-bond acceptors (Lipinski definition) is 3. The first kappa shape index (κ1) is 14.7. The number of esters is 1. The molecule has 0 radical (unpaired) electrons. The zero-order valence-electron chi connectivity index (χ0n) is 10.6. The quantitative estimate of drug-likeness (QED) is 0.698. The number of carbonyl (C=O) groups excluding carboxylic acids is 2. The van der Waals surface area contributed by atoms with E-state index >= 15 is 0 Å². The van der Waals surface area contributed by atoms with Crippen molar-refractivity contribution in [2.24, 2.45) is 5.92 Å². The molecule has 0 rings (SSSR count). The van der Waals surface area contributed by atoms with Gasteiger partial charge in [-0.05, 0) is 12.8 Å². The van der Waals surface area contributed by atoms with E-state index in [-0.39, 0.29) is 12.6 Å². The lowest BCUT2D eigenvalue weighted by molar-refractivity contribution is -0.141. The molecule has 0 heterocycles. The van der Waals surface area contributed by atoms with Gasteiger partial charge in [0, 0.05) is 13.6 Å². The van der Waals surface area contributed by atoms with Crippen molar-refractivity contribution in [3.8, 4) is 0 Å². The lowest BCUT2D eigenvalue weighted by Gasteiger charge is -2.20. The summed E-state index contributed by atoms with van der Waals surface area (Å²) in [5, 5.41) is 2.51. The number of amides is 2. The number of carbonyl (C=O) groups is 2. The zero-order chi connectivity index (χ0) is 12.6. The van der Waals surface area contributed by atoms with Crippen LogP contribution in [0.15, 0.2) is 0 Å². The summed E-state index contributed by atoms with van der Waals surface area (Å²) in [5.74, 6) is 0.0473. The lowest BCUT2D eigenvalue weighted by Crippen LogP contribution is -2.41. The number of urea groups is 1. The summed E-state index contributed by atoms with van der Waals surface area (Å²) >= 11 is 0. The Morgan fingerprint density at radius 3 is 2.50 bits per heavy atom. The molecule has 0 aromatic carbocycles. The largest absolute Gasteiger partial charge is 0.465 e. The van der Waals surface area contributed by atoms with Crippen LogP contribution < -0.4 is 5.32 Å². The van der Waals surface area contributed by atoms with Crippen LogP contribution in [0.4, 0.5) is 4.79 Å². The standard InChI is InChI=1S/C11H22N2O3/c1-5-9(3)8-13(4)11(15)12-7-10(14)16-6-2/h9H,5-8H2,1-4H3,(H,12,15). The number of ether oxygens (including phenoxy) is 1. The van der Waals surface area contributed by atoms with Gasteiger partial charge in [-0.25, -0.2) is 4.79 Å². The maximum atomic E-state index is 11.5. The Kier molecular flexibility index (Phi) is 7.33. The number of rotatable bonds is 6. The fourth-order valence-corrected chi connectivity index (χ4v) is 1.17. The topological polar surface area (TPSA) is 58.6 Å². The fourth-order valence-electron chi connectivity index (χ4n) is 1.17. The first-order chi connectivity index (χ1) is 7.51. The summed E-state index contributed by atoms with van der Waals surface area (Å²) in [6.07, 6.45) is 1.02. The summed E-state index contributed by atoms with van der Waals surface area (Å²) in [4.78, 5) is 24.1. The van der Waals surface area contributed by atoms with Crippen molar-refractivity contribution >= 4 is 12.0 Å². The first-order valence-corrected chi connectivity index (χ1v) is 5.65. The van der Waals surface area contributed by atoms with E-state index in [0.29, 0.717) is 19.1 Å². The average Bonchev–Trinajstić information content (AvgIpc) is 2.25. The van der Waals surface area contributed by atoms with Crippen molar-refractivity contribution in [2.45, 2.75) is 27.2 Å². The number of nitrogens with one attached hydrogen (secondary N) is 1. The van der Waals surface area contributed by atoms with Crippen LogP contribution in [0.5, 0.6) is 0 Å². The number of nitrogens with zero attached hydrogens (tertiary/aromatic N) is 1. The van der Waals surface area contributed by atoms with Gasteiger partial charge in [0.2, 0.25) is 0 Å². The maximum absolute atomic E-state index is 11.5. The van der Waals surface area contributed by atoms with E-state index in [1.165, 1.54) is 0 Å². The van der Waals surface area contributed by atoms with Crippen molar-refractivity contribution in [3.63, 3.8) is 0 Å². The monoisotopic (exact) mass is 230 g/mol. The van der Waals surface area contributed by atoms with Crippen molar-refractivity contribution < 1.29 is 14.3 Å². The van der Waals surface area contributed by atoms with Crippen LogP contribution in [-0.4, -0.2) is 43.6 Å². The Bertz CT molecular complexity index is 231. The molecular formula is C11H22N2O3. The predicted molar refractivity (Wildman–Crippen MR) is 62.1 cm³/mol. The minimum absolute atomic E-state index is 0.0719. The Labute approximate surface area is 97.1 Å². The van der Waals surface area contributed by atoms with Gasteiger partial charge in [-0.3, -0.25) is 4.79 Å². The highest BCUT2D eigenvalue weighted by Crippen LogP contribution is 2.02. The van der Waals surface area contributed by atoms with Gasteiger partial charge >= 0.3 is 12.0 Å². The van der Waals surface area contributed by atoms with Gasteiger partial charge in [0.1, 0.15) is 6.54 Å². The van der Waals surface area contributed by atoms with Crippen LogP contribution in [0.25, 0.3) is 0 Å². The van der Waals surface area contributed by atoms with Crippen LogP contribution in [0.3, 0.4) is 0 Å². The molecule has 1 N–H and O–H groups in total. The Hall–Kier alpha value is -1.26. The van der Waals surface area contributed by atoms with Crippen LogP contribution >= 0.6 is 0 Å². The van der Waals surface area contributed by atoms with Crippen LogP contribution in [0, 0.1) is 5.92 Å². The van der Waals surface area contributed by atoms with Crippen molar-refractivity contribution in [3.05, 3.63) is 0 Å². The smallest absolute Gasteiger partial charge is 0.325 e. The third kappa shape index (κ3) is 6.27. The Morgan fingerprint density at radius 1 is 1.38 bits per heavy atom. The van der Waals surface area contributed by atoms with E-state index < -0.39 is 5.97 Å². The minimum Gasteiger partial charge on any atom is -0.465 e. The lowest BCUT2D eigenvalue weighted by atomic mass is 10.1. The molecule has 0 aliphatic rings. The van der Waals surface area contributed by atoms with Crippen molar-refractivity contribution in [1.29, 1.82) is 0 Å². The minimum atomic E-state index is -0.409. The van der Waals surface area contributed by atoms with Gasteiger partial charge in [-0.2, -0.15) is 0 Å². The molecule has 0 bridgehead atoms. The van der Waals surface area contributed by atoms with Crippen molar-refractivity contribution in [2.75, 3.05) is 26.7 Å². The summed E-state index contributed by atoms with van der Waals surface area (Å²) in [6.45, 7) is 6.83. The molecule has 1 unspecified atom stereocenters. The zero-order valence-corrected chi connectivity index (χ0v) is 10.6. The molecule has 0 aromatic rings. The molecule has 0 aromatic heterocycles. The van der Waals surface area contributed by atoms with Gasteiger partial charge in [-0.1, -0.05) is 20.3 Å². The second-order valence-electron chi connectivity index (χ2n) is 3.86. The number of hydrogen-bond donors (Lipinski definition) is 1. The molecule has 5 heteroatoms. The third-order valence-corrected chi connectivity index (χ3v) is 2.32. The molecule has 2 amide bonds. The molecule has 0 saturated heterocycles. The molecule has 0 saturated carbocycles. The normalized spacial score (nSPS) is 11.8. The highest BCUT2D eigenvalue weighted by molar-refractivity contribution is 5.80. The summed E-state index contributed by atoms with van der Waals surface area (Å²) in [5.41, 5.74) is 0. The van der Waals surface area contributed by atoms with E-state index in [1.807, 2.05) is 0 Å². The fraction of sp³-hybridized carbons (Fsp3) is 0.818. The van der Waals surface area contributed by atoms with Gasteiger partial charge in [0.25, 0.3) is 0 Å². The Morgan fingerprint density at radius 2 is 2.00 bits per heavy atom. The predicted octanol–water partition coefficient (Wildman–Crippen LogP) is 1.24. The highest BCUT2D eigenvalue weighted by Gasteiger charge is 2.12. The molecular weight excluding hydrogens is 208 g/mol. The third-order valence-electron chi connectivity index (χ3n) is 2.32. The molecule has 5 nitrogen and oxygen atoms in total. The molecule has 16 heavy (non-hydrogen) atoms. The van der Waals surface area contributed by atoms with E-state index in [2.05, 4.69) is 19.2 Å². The molecule has 94 valence electrons. The van der Waals surface area contributed by atoms with Gasteiger partial charge in [0.15, 0.2) is 0 Å². The van der Waals surface area contributed by atoms with Gasteiger partial charge < -0.3 is 15.0 Å². The first-order valence-electron chi connectivity index (χ1n) is 5.65. The van der Waals surface area contributed by atoms with Crippen LogP contribution in [-0.2, 0) is 9.53 Å². The SMILES string of the molecule is CCOC(=O)CNC(=O)N(C)CC(C)CC. The summed E-state index contributed by atoms with van der Waals surface area (Å²) < 4.78 is 4.70. The maximum Gasteiger partial charge on any atom is 0.325 e. The highest BCUT2D eigenvalue weighted by atomic mass is 16.5. The molecule has 0 aliphatic carbocycles. The second kappa shape index (κ2) is 7.96. The van der Waals surface area contributed by atoms with E-state index in [9.17, 15) is 9.59 Å². The van der Waals surface area contributed by atoms with E-state index in [4.69, 9.17) is 4.74 Å². The molecule has 0 fully saturated rings. The molecule has 0 aliphatic heterocycles. The Balaban J connectivity index is 3.83. The summed E-state index contributed by atoms with van der Waals surface area (Å²) in [6, 6.07) is -0.242. The molecule has 0 spiro atoms. The van der Waals surface area contributed by atoms with E-state index in [1.54, 1.807) is 18.9 Å². The van der Waals surface area contributed by atoms with Gasteiger partial charge in [-0.15, -0.1) is 0 Å². The summed E-state index contributed by atoms with van der Waals surface area (Å²) in [7, 11) is 1.71. The molecule has 1 atom stereocenters. The van der Waals surface area contributed by atoms with Gasteiger partial charge in [0.05, 0.1) is 6.61 Å². The van der Waals surface area contributed by atoms with Crippen LogP contribution in [0.1, 0.15) is 27.2 Å². The average molecular weight is 230 g/mol. The van der Waals surface area contributed by atoms with Crippen molar-refractivity contribution in [1.82, 2.24) is 10.2 Å². The second-order valence-corrected chi connectivity index (χ2v) is 3.86.